The molecule has 148 valence electrons. The molecule has 27 heavy (non-hydrogen) atoms. The van der Waals surface area contributed by atoms with E-state index in [1.807, 2.05) is 25.1 Å². The molecule has 0 atom stereocenters. The van der Waals surface area contributed by atoms with Crippen molar-refractivity contribution in [1.29, 1.82) is 0 Å². The number of ether oxygens (including phenoxy) is 2. The molecule has 0 aromatic heterocycles. The number of aliphatic imine (C=N–C) groups is 1. The molecule has 1 aliphatic heterocycles. The Balaban J connectivity index is 1.80. The molecule has 0 aliphatic carbocycles. The van der Waals surface area contributed by atoms with Crippen LogP contribution in [0.15, 0.2) is 29.3 Å². The maximum Gasteiger partial charge on any atom is 0.192 e. The van der Waals surface area contributed by atoms with Gasteiger partial charge in [0.15, 0.2) is 5.96 Å². The molecule has 1 heterocycles. The lowest BCUT2D eigenvalue weighted by molar-refractivity contribution is 0.0392. The van der Waals surface area contributed by atoms with E-state index >= 15 is 0 Å². The van der Waals surface area contributed by atoms with Crippen molar-refractivity contribution in [3.05, 3.63) is 29.8 Å². The number of guanidine groups is 1. The van der Waals surface area contributed by atoms with Crippen LogP contribution in [0.3, 0.4) is 0 Å². The van der Waals surface area contributed by atoms with Crippen molar-refractivity contribution in [2.24, 2.45) is 4.99 Å². The van der Waals surface area contributed by atoms with Crippen molar-refractivity contribution in [3.63, 3.8) is 0 Å². The van der Waals surface area contributed by atoms with Crippen molar-refractivity contribution in [1.82, 2.24) is 15.5 Å². The Morgan fingerprint density at radius 2 is 2.19 bits per heavy atom. The van der Waals surface area contributed by atoms with Crippen LogP contribution >= 0.6 is 0 Å². The van der Waals surface area contributed by atoms with Gasteiger partial charge in [0.25, 0.3) is 0 Å². The Bertz CT molecular complexity index is 621. The molecule has 2 N–H and O–H groups in total. The lowest BCUT2D eigenvalue weighted by atomic mass is 10.1. The molecule has 0 saturated carbocycles. The highest BCUT2D eigenvalue weighted by Gasteiger charge is 2.17. The Labute approximate surface area is 163 Å². The highest BCUT2D eigenvalue weighted by molar-refractivity contribution is 5.79. The molecule has 6 nitrogen and oxygen atoms in total. The zero-order valence-electron chi connectivity index (χ0n) is 16.5. The number of benzene rings is 1. The summed E-state index contributed by atoms with van der Waals surface area (Å²) in [6, 6.07) is 8.69. The van der Waals surface area contributed by atoms with Crippen LogP contribution in [0.1, 0.15) is 25.3 Å². The van der Waals surface area contributed by atoms with Gasteiger partial charge in [0, 0.05) is 32.3 Å². The molecule has 1 aliphatic rings. The summed E-state index contributed by atoms with van der Waals surface area (Å²) in [5.74, 6) is 4.16. The Kier molecular flexibility index (Phi) is 9.53. The third kappa shape index (κ3) is 7.90. The molecule has 2 rings (SSSR count). The molecule has 1 aromatic carbocycles. The van der Waals surface area contributed by atoms with Gasteiger partial charge in [-0.15, -0.1) is 6.42 Å². The quantitative estimate of drug-likeness (QED) is 0.394. The van der Waals surface area contributed by atoms with Crippen LogP contribution in [0.5, 0.6) is 5.75 Å². The summed E-state index contributed by atoms with van der Waals surface area (Å²) >= 11 is 0. The van der Waals surface area contributed by atoms with Crippen molar-refractivity contribution in [3.8, 4) is 18.1 Å². The third-order valence-electron chi connectivity index (χ3n) is 4.55. The zero-order valence-corrected chi connectivity index (χ0v) is 16.5. The van der Waals surface area contributed by atoms with Crippen molar-refractivity contribution < 1.29 is 9.47 Å². The molecule has 0 spiro atoms. The highest BCUT2D eigenvalue weighted by atomic mass is 16.5. The monoisotopic (exact) mass is 372 g/mol. The van der Waals surface area contributed by atoms with E-state index in [2.05, 4.69) is 39.6 Å². The fourth-order valence-corrected chi connectivity index (χ4v) is 3.00. The van der Waals surface area contributed by atoms with Gasteiger partial charge in [-0.05, 0) is 44.5 Å². The van der Waals surface area contributed by atoms with Crippen molar-refractivity contribution in [2.45, 2.75) is 32.4 Å². The van der Waals surface area contributed by atoms with E-state index in [1.165, 1.54) is 0 Å². The van der Waals surface area contributed by atoms with Crippen LogP contribution in [0.2, 0.25) is 0 Å². The molecule has 1 aromatic rings. The van der Waals surface area contributed by atoms with E-state index in [4.69, 9.17) is 15.9 Å². The molecule has 0 bridgehead atoms. The first-order valence-electron chi connectivity index (χ1n) is 9.68. The highest BCUT2D eigenvalue weighted by Crippen LogP contribution is 2.15. The first-order chi connectivity index (χ1) is 13.2. The van der Waals surface area contributed by atoms with Crippen LogP contribution in [0.4, 0.5) is 0 Å². The van der Waals surface area contributed by atoms with Crippen molar-refractivity contribution >= 4 is 5.96 Å². The number of hydrogen-bond donors (Lipinski definition) is 2. The largest absolute Gasteiger partial charge is 0.492 e. The molecule has 0 amide bonds. The van der Waals surface area contributed by atoms with Gasteiger partial charge in [0.05, 0.1) is 13.1 Å². The average Bonchev–Trinajstić information content (AvgIpc) is 2.71. The number of likely N-dealkylation sites (N-methyl/N-ethyl adjacent to an activating group) is 1. The summed E-state index contributed by atoms with van der Waals surface area (Å²) in [5, 5.41) is 6.27. The normalized spacial score (nSPS) is 15.4. The molecule has 1 fully saturated rings. The molecule has 0 radical (unpaired) electrons. The summed E-state index contributed by atoms with van der Waals surface area (Å²) in [4.78, 5) is 6.93. The molecular weight excluding hydrogens is 340 g/mol. The van der Waals surface area contributed by atoms with Gasteiger partial charge >= 0.3 is 0 Å². The second kappa shape index (κ2) is 12.2. The molecule has 1 saturated heterocycles. The van der Waals surface area contributed by atoms with Gasteiger partial charge < -0.3 is 20.1 Å². The summed E-state index contributed by atoms with van der Waals surface area (Å²) in [7, 11) is 2.16. The number of terminal acetylenes is 1. The minimum absolute atomic E-state index is 0.454. The number of nitrogens with zero attached hydrogens (tertiary/aromatic N) is 2. The summed E-state index contributed by atoms with van der Waals surface area (Å²) < 4.78 is 11.4. The van der Waals surface area contributed by atoms with E-state index in [9.17, 15) is 0 Å². The fraction of sp³-hybridized carbons (Fsp3) is 0.571. The third-order valence-corrected chi connectivity index (χ3v) is 4.55. The standard InChI is InChI=1S/C21H32N4O2/c1-4-11-23-21(22-5-2)24-17-18-7-6-8-20(16-18)27-15-12-25(3)19-9-13-26-14-10-19/h1,6-8,16,19H,5,9-15,17H2,2-3H3,(H2,22,23,24). The van der Waals surface area contributed by atoms with E-state index in [1.54, 1.807) is 0 Å². The van der Waals surface area contributed by atoms with E-state index in [0.717, 1.165) is 56.4 Å². The first kappa shape index (κ1) is 21.1. The maximum atomic E-state index is 5.95. The maximum absolute atomic E-state index is 5.95. The van der Waals surface area contributed by atoms with Crippen LogP contribution in [0.25, 0.3) is 0 Å². The summed E-state index contributed by atoms with van der Waals surface area (Å²) in [6.45, 7) is 7.15. The van der Waals surface area contributed by atoms with E-state index in [-0.39, 0.29) is 0 Å². The Morgan fingerprint density at radius 3 is 2.93 bits per heavy atom. The van der Waals surface area contributed by atoms with Crippen LogP contribution in [-0.4, -0.2) is 63.4 Å². The van der Waals surface area contributed by atoms with Gasteiger partial charge in [-0.3, -0.25) is 4.90 Å². The fourth-order valence-electron chi connectivity index (χ4n) is 3.00. The summed E-state index contributed by atoms with van der Waals surface area (Å²) in [6.07, 6.45) is 7.50. The van der Waals surface area contributed by atoms with Gasteiger partial charge in [0.1, 0.15) is 12.4 Å². The van der Waals surface area contributed by atoms with Gasteiger partial charge in [-0.2, -0.15) is 0 Å². The predicted octanol–water partition coefficient (Wildman–Crippen LogP) is 1.86. The topological polar surface area (TPSA) is 58.1 Å². The SMILES string of the molecule is C#CCNC(=NCc1cccc(OCCN(C)C2CCOCC2)c1)NCC. The second-order valence-electron chi connectivity index (χ2n) is 6.57. The number of nitrogens with one attached hydrogen (secondary N) is 2. The van der Waals surface area contributed by atoms with E-state index < -0.39 is 0 Å². The molecule has 6 heteroatoms. The zero-order chi connectivity index (χ0) is 19.3. The van der Waals surface area contributed by atoms with E-state index in [0.29, 0.717) is 25.7 Å². The second-order valence-corrected chi connectivity index (χ2v) is 6.57. The lowest BCUT2D eigenvalue weighted by Gasteiger charge is -2.31. The van der Waals surface area contributed by atoms with Gasteiger partial charge in [-0.1, -0.05) is 18.1 Å². The van der Waals surface area contributed by atoms with Crippen molar-refractivity contribution in [2.75, 3.05) is 46.5 Å². The lowest BCUT2D eigenvalue weighted by Crippen LogP contribution is -2.38. The minimum atomic E-state index is 0.454. The Hall–Kier alpha value is -2.23. The smallest absolute Gasteiger partial charge is 0.192 e. The summed E-state index contributed by atoms with van der Waals surface area (Å²) in [5.41, 5.74) is 1.10. The van der Waals surface area contributed by atoms with Gasteiger partial charge in [-0.25, -0.2) is 4.99 Å². The first-order valence-corrected chi connectivity index (χ1v) is 9.68. The van der Waals surface area contributed by atoms with Crippen LogP contribution in [-0.2, 0) is 11.3 Å². The molecule has 0 unspecified atom stereocenters. The average molecular weight is 373 g/mol. The van der Waals surface area contributed by atoms with Crippen LogP contribution < -0.4 is 15.4 Å². The van der Waals surface area contributed by atoms with Gasteiger partial charge in [0.2, 0.25) is 0 Å². The predicted molar refractivity (Wildman–Crippen MR) is 110 cm³/mol. The van der Waals surface area contributed by atoms with Crippen LogP contribution in [0, 0.1) is 12.3 Å². The Morgan fingerprint density at radius 1 is 1.37 bits per heavy atom. The minimum Gasteiger partial charge on any atom is -0.492 e. The molecular formula is C21H32N4O2. The number of hydrogen-bond acceptors (Lipinski definition) is 4. The number of rotatable bonds is 9.